The fraction of sp³-hybridized carbons (Fsp3) is 0.875. The van der Waals surface area contributed by atoms with Crippen molar-refractivity contribution in [2.75, 3.05) is 6.61 Å². The molecular weight excluding hydrogens is 350 g/mol. The molecule has 0 bridgehead atoms. The van der Waals surface area contributed by atoms with Crippen LogP contribution in [0.25, 0.3) is 0 Å². The van der Waals surface area contributed by atoms with Gasteiger partial charge < -0.3 is 15.5 Å². The maximum Gasteiger partial charge on any atom is 0.220 e. The van der Waals surface area contributed by atoms with Crippen LogP contribution in [0.5, 0.6) is 0 Å². The molecule has 0 aliphatic rings. The van der Waals surface area contributed by atoms with Gasteiger partial charge in [0.1, 0.15) is 0 Å². The molecule has 4 nitrogen and oxygen atoms in total. The Kier molecular flexibility index (Phi) is 20.2. The topological polar surface area (TPSA) is 69.6 Å². The lowest BCUT2D eigenvalue weighted by Gasteiger charge is -2.19. The monoisotopic (exact) mass is 401 g/mol. The number of allylic oxidation sites excluding steroid dienone is 1. The third-order valence-electron chi connectivity index (χ3n) is 5.27. The average Bonchev–Trinajstić information content (AvgIpc) is 2.69. The maximum absolute atomic E-state index is 11.8. The molecule has 0 rings (SSSR count). The van der Waals surface area contributed by atoms with Crippen molar-refractivity contribution in [2.24, 2.45) is 0 Å². The van der Waals surface area contributed by atoms with Crippen LogP contribution >= 0.6 is 0 Å². The van der Waals surface area contributed by atoms with E-state index < -0.39 is 12.1 Å². The number of unbranched alkanes of at least 4 members (excludes halogenated alkanes) is 13. The molecule has 0 aromatic carbocycles. The molecule has 0 fully saturated rings. The van der Waals surface area contributed by atoms with Crippen LogP contribution in [0.4, 0.5) is 0 Å². The van der Waals surface area contributed by atoms with E-state index in [2.05, 4.69) is 19.2 Å². The van der Waals surface area contributed by atoms with Gasteiger partial charge >= 0.3 is 0 Å². The van der Waals surface area contributed by atoms with Crippen LogP contribution in [0.2, 0.25) is 0 Å². The van der Waals surface area contributed by atoms with E-state index in [0.717, 1.165) is 32.1 Å². The first-order valence-electron chi connectivity index (χ1n) is 11.9. The molecule has 170 valence electrons. The van der Waals surface area contributed by atoms with Crippen molar-refractivity contribution >= 4 is 5.91 Å². The molecule has 1 amide bonds. The molecule has 28 heavy (non-hydrogen) atoms. The van der Waals surface area contributed by atoms with Gasteiger partial charge in [0, 0.05) is 9.27 Å². The van der Waals surface area contributed by atoms with Crippen LogP contribution in [-0.4, -0.2) is 34.9 Å². The van der Waals surface area contributed by atoms with Crippen molar-refractivity contribution in [3.8, 4) is 0 Å². The second-order valence-corrected chi connectivity index (χ2v) is 8.06. The standard InChI is InChI=1S/C24H47NO3.2H2/c1-3-5-7-8-9-10-11-12-13-14-15-16-18-19-23(27)22(21-26)25-24(28)20-17-6-4-2;;/h18-19,22-23,26-27H,3-17,20-21H2,1-2H3,(H,25,28);2*1H/b19-18+;;/t22-,23+;;/m0../s1. The van der Waals surface area contributed by atoms with Gasteiger partial charge in [0.25, 0.3) is 0 Å². The van der Waals surface area contributed by atoms with E-state index in [1.54, 1.807) is 6.08 Å². The van der Waals surface area contributed by atoms with Gasteiger partial charge in [0.15, 0.2) is 0 Å². The number of rotatable bonds is 20. The van der Waals surface area contributed by atoms with Crippen LogP contribution < -0.4 is 5.32 Å². The molecule has 0 spiro atoms. The average molecular weight is 402 g/mol. The number of carbonyl (C=O) groups excluding carboxylic acids is 1. The van der Waals surface area contributed by atoms with Crippen molar-refractivity contribution in [3.63, 3.8) is 0 Å². The lowest BCUT2D eigenvalue weighted by molar-refractivity contribution is -0.123. The van der Waals surface area contributed by atoms with Crippen LogP contribution in [-0.2, 0) is 4.79 Å². The summed E-state index contributed by atoms with van der Waals surface area (Å²) in [4.78, 5) is 11.8. The number of aliphatic hydroxyl groups is 2. The van der Waals surface area contributed by atoms with E-state index in [-0.39, 0.29) is 15.4 Å². The quantitative estimate of drug-likeness (QED) is 0.169. The summed E-state index contributed by atoms with van der Waals surface area (Å²) in [5.74, 6) is -0.0923. The van der Waals surface area contributed by atoms with Gasteiger partial charge in [0.2, 0.25) is 5.91 Å². The number of hydrogen-bond acceptors (Lipinski definition) is 3. The Morgan fingerprint density at radius 2 is 1.36 bits per heavy atom. The number of hydrogen-bond donors (Lipinski definition) is 3. The zero-order valence-electron chi connectivity index (χ0n) is 18.6. The zero-order chi connectivity index (χ0) is 20.9. The highest BCUT2D eigenvalue weighted by Gasteiger charge is 2.17. The number of nitrogens with one attached hydrogen (secondary N) is 1. The minimum Gasteiger partial charge on any atom is -0.394 e. The van der Waals surface area contributed by atoms with Gasteiger partial charge in [-0.15, -0.1) is 0 Å². The van der Waals surface area contributed by atoms with Crippen molar-refractivity contribution in [1.82, 2.24) is 5.32 Å². The molecule has 4 heteroatoms. The van der Waals surface area contributed by atoms with Gasteiger partial charge in [-0.2, -0.15) is 0 Å². The highest BCUT2D eigenvalue weighted by atomic mass is 16.3. The molecule has 0 saturated heterocycles. The predicted molar refractivity (Wildman–Crippen MR) is 124 cm³/mol. The fourth-order valence-corrected chi connectivity index (χ4v) is 3.35. The molecule has 3 N–H and O–H groups in total. The number of amides is 1. The Balaban J connectivity index is -0.00000364. The molecule has 0 unspecified atom stereocenters. The highest BCUT2D eigenvalue weighted by Crippen LogP contribution is 2.12. The zero-order valence-corrected chi connectivity index (χ0v) is 18.6. The van der Waals surface area contributed by atoms with Gasteiger partial charge in [0.05, 0.1) is 18.8 Å². The summed E-state index contributed by atoms with van der Waals surface area (Å²) in [6.07, 6.45) is 21.8. The van der Waals surface area contributed by atoms with Crippen LogP contribution in [0, 0.1) is 0 Å². The largest absolute Gasteiger partial charge is 0.394 e. The SMILES string of the molecule is CCCCCCCCCCCCC/C=C/[C@@H](O)[C@H](CO)NC(=O)CCCCC.[HH].[HH]. The molecule has 0 aliphatic heterocycles. The molecular formula is C24H51NO3. The van der Waals surface area contributed by atoms with E-state index in [1.165, 1.54) is 64.2 Å². The minimum absolute atomic E-state index is 0. The Hall–Kier alpha value is -0.870. The lowest BCUT2D eigenvalue weighted by Crippen LogP contribution is -2.45. The van der Waals surface area contributed by atoms with Crippen molar-refractivity contribution in [3.05, 3.63) is 12.2 Å². The molecule has 0 aromatic heterocycles. The first kappa shape index (κ1) is 27.1. The summed E-state index contributed by atoms with van der Waals surface area (Å²) in [7, 11) is 0. The number of aliphatic hydroxyl groups excluding tert-OH is 2. The van der Waals surface area contributed by atoms with Crippen molar-refractivity contribution in [2.45, 2.75) is 129 Å². The first-order valence-corrected chi connectivity index (χ1v) is 11.9. The Labute approximate surface area is 177 Å². The van der Waals surface area contributed by atoms with Crippen LogP contribution in [0.1, 0.15) is 119 Å². The molecule has 0 aliphatic carbocycles. The van der Waals surface area contributed by atoms with Crippen LogP contribution in [0.3, 0.4) is 0 Å². The summed E-state index contributed by atoms with van der Waals surface area (Å²) in [6, 6.07) is -0.609. The first-order chi connectivity index (χ1) is 13.7. The van der Waals surface area contributed by atoms with E-state index in [9.17, 15) is 15.0 Å². The second kappa shape index (κ2) is 20.9. The summed E-state index contributed by atoms with van der Waals surface area (Å²) in [6.45, 7) is 4.11. The van der Waals surface area contributed by atoms with Gasteiger partial charge in [-0.25, -0.2) is 0 Å². The highest BCUT2D eigenvalue weighted by molar-refractivity contribution is 5.76. The Morgan fingerprint density at radius 3 is 1.89 bits per heavy atom. The van der Waals surface area contributed by atoms with Gasteiger partial charge in [-0.1, -0.05) is 103 Å². The van der Waals surface area contributed by atoms with E-state index in [0.29, 0.717) is 6.42 Å². The summed E-state index contributed by atoms with van der Waals surface area (Å²) < 4.78 is 0. The number of carbonyl (C=O) groups is 1. The second-order valence-electron chi connectivity index (χ2n) is 8.06. The predicted octanol–water partition coefficient (Wildman–Crippen LogP) is 6.15. The third kappa shape index (κ3) is 17.2. The summed E-state index contributed by atoms with van der Waals surface area (Å²) in [5, 5.41) is 22.3. The molecule has 0 radical (unpaired) electrons. The normalized spacial score (nSPS) is 13.7. The van der Waals surface area contributed by atoms with Crippen molar-refractivity contribution < 1.29 is 17.9 Å². The van der Waals surface area contributed by atoms with Crippen LogP contribution in [0.15, 0.2) is 12.2 Å². The fourth-order valence-electron chi connectivity index (χ4n) is 3.35. The Morgan fingerprint density at radius 1 is 0.857 bits per heavy atom. The molecule has 0 aromatic rings. The van der Waals surface area contributed by atoms with E-state index in [4.69, 9.17) is 0 Å². The van der Waals surface area contributed by atoms with E-state index in [1.807, 2.05) is 6.08 Å². The lowest BCUT2D eigenvalue weighted by atomic mass is 10.0. The van der Waals surface area contributed by atoms with Crippen molar-refractivity contribution in [1.29, 1.82) is 0 Å². The minimum atomic E-state index is -0.826. The Bertz CT molecular complexity index is 381. The molecule has 0 heterocycles. The molecule has 0 saturated carbocycles. The molecule has 2 atom stereocenters. The van der Waals surface area contributed by atoms with E-state index >= 15 is 0 Å². The maximum atomic E-state index is 11.8. The smallest absolute Gasteiger partial charge is 0.220 e. The van der Waals surface area contributed by atoms with Gasteiger partial charge in [-0.05, 0) is 19.3 Å². The summed E-state index contributed by atoms with van der Waals surface area (Å²) in [5.41, 5.74) is 0. The summed E-state index contributed by atoms with van der Waals surface area (Å²) >= 11 is 0. The third-order valence-corrected chi connectivity index (χ3v) is 5.27. The van der Waals surface area contributed by atoms with Gasteiger partial charge in [-0.3, -0.25) is 4.79 Å².